The van der Waals surface area contributed by atoms with Gasteiger partial charge < -0.3 is 9.73 Å². The summed E-state index contributed by atoms with van der Waals surface area (Å²) in [5.41, 5.74) is 1.02. The minimum absolute atomic E-state index is 0.0461. The van der Waals surface area contributed by atoms with Crippen LogP contribution in [0.3, 0.4) is 0 Å². The van der Waals surface area contributed by atoms with E-state index in [1.807, 2.05) is 43.3 Å². The largest absolute Gasteiger partial charge is 0.465 e. The maximum Gasteiger partial charge on any atom is 0.224 e. The first-order valence-electron chi connectivity index (χ1n) is 8.43. The van der Waals surface area contributed by atoms with Crippen LogP contribution in [-0.4, -0.2) is 30.4 Å². The van der Waals surface area contributed by atoms with Crippen molar-refractivity contribution in [2.24, 2.45) is 0 Å². The van der Waals surface area contributed by atoms with Crippen LogP contribution in [0.4, 0.5) is 0 Å². The summed E-state index contributed by atoms with van der Waals surface area (Å²) in [7, 11) is 0. The van der Waals surface area contributed by atoms with Crippen molar-refractivity contribution in [1.29, 1.82) is 0 Å². The third-order valence-corrected chi connectivity index (χ3v) is 4.97. The molecule has 24 heavy (non-hydrogen) atoms. The number of amides is 1. The third-order valence-electron chi connectivity index (χ3n) is 4.44. The summed E-state index contributed by atoms with van der Waals surface area (Å²) in [5.74, 6) is 1.90. The fraction of sp³-hybridized carbons (Fsp3) is 0.421. The maximum atomic E-state index is 12.3. The molecule has 3 rings (SSSR count). The number of benzene rings is 1. The number of hydrogen-bond acceptors (Lipinski definition) is 3. The van der Waals surface area contributed by atoms with Gasteiger partial charge in [0, 0.05) is 11.0 Å². The monoisotopic (exact) mass is 390 g/mol. The van der Waals surface area contributed by atoms with E-state index in [1.54, 1.807) is 0 Å². The van der Waals surface area contributed by atoms with Crippen molar-refractivity contribution in [3.63, 3.8) is 0 Å². The zero-order valence-corrected chi connectivity index (χ0v) is 15.5. The molecular formula is C19H23BrN2O2. The van der Waals surface area contributed by atoms with Crippen LogP contribution in [0, 0.1) is 6.92 Å². The second kappa shape index (κ2) is 7.99. The highest BCUT2D eigenvalue weighted by atomic mass is 79.9. The number of carbonyl (C=O) groups excluding carboxylic acids is 1. The first kappa shape index (κ1) is 17.2. The van der Waals surface area contributed by atoms with Crippen LogP contribution in [0.25, 0.3) is 0 Å². The molecule has 1 aliphatic heterocycles. The number of nitrogens with one attached hydrogen (secondary N) is 1. The summed E-state index contributed by atoms with van der Waals surface area (Å²) in [6.07, 6.45) is 2.82. The van der Waals surface area contributed by atoms with Crippen molar-refractivity contribution in [2.45, 2.75) is 32.2 Å². The lowest BCUT2D eigenvalue weighted by Crippen LogP contribution is -2.37. The van der Waals surface area contributed by atoms with Gasteiger partial charge in [-0.15, -0.1) is 0 Å². The molecule has 1 amide bonds. The average Bonchev–Trinajstić information content (AvgIpc) is 3.22. The van der Waals surface area contributed by atoms with Crippen LogP contribution in [0.2, 0.25) is 0 Å². The van der Waals surface area contributed by atoms with E-state index in [4.69, 9.17) is 4.42 Å². The Hall–Kier alpha value is -1.59. The molecule has 0 radical (unpaired) electrons. The van der Waals surface area contributed by atoms with Gasteiger partial charge in [0.25, 0.3) is 0 Å². The van der Waals surface area contributed by atoms with Crippen LogP contribution in [0.1, 0.15) is 36.0 Å². The van der Waals surface area contributed by atoms with Gasteiger partial charge >= 0.3 is 0 Å². The highest BCUT2D eigenvalue weighted by Gasteiger charge is 2.26. The molecule has 1 fully saturated rings. The van der Waals surface area contributed by atoms with Crippen molar-refractivity contribution in [3.8, 4) is 0 Å². The van der Waals surface area contributed by atoms with Crippen LogP contribution < -0.4 is 5.32 Å². The van der Waals surface area contributed by atoms with Crippen molar-refractivity contribution in [1.82, 2.24) is 10.2 Å². The highest BCUT2D eigenvalue weighted by molar-refractivity contribution is 9.10. The lowest BCUT2D eigenvalue weighted by atomic mass is 10.1. The molecule has 1 saturated heterocycles. The van der Waals surface area contributed by atoms with E-state index in [9.17, 15) is 4.79 Å². The van der Waals surface area contributed by atoms with Crippen LogP contribution in [0.5, 0.6) is 0 Å². The van der Waals surface area contributed by atoms with Crippen LogP contribution >= 0.6 is 15.9 Å². The summed E-state index contributed by atoms with van der Waals surface area (Å²) in [6.45, 7) is 4.67. The summed E-state index contributed by atoms with van der Waals surface area (Å²) >= 11 is 3.41. The Kier molecular flexibility index (Phi) is 5.74. The van der Waals surface area contributed by atoms with Gasteiger partial charge in [-0.1, -0.05) is 28.1 Å². The number of carbonyl (C=O) groups is 1. The molecule has 0 spiro atoms. The third kappa shape index (κ3) is 4.48. The van der Waals surface area contributed by atoms with Gasteiger partial charge in [-0.3, -0.25) is 9.69 Å². The smallest absolute Gasteiger partial charge is 0.224 e. The van der Waals surface area contributed by atoms with Crippen molar-refractivity contribution in [2.75, 3.05) is 19.6 Å². The molecule has 2 heterocycles. The quantitative estimate of drug-likeness (QED) is 0.814. The minimum Gasteiger partial charge on any atom is -0.465 e. The van der Waals surface area contributed by atoms with Gasteiger partial charge in [-0.25, -0.2) is 0 Å². The number of likely N-dealkylation sites (tertiary alicyclic amines) is 1. The van der Waals surface area contributed by atoms with Crippen molar-refractivity contribution in [3.05, 3.63) is 58.0 Å². The molecule has 1 aromatic heterocycles. The lowest BCUT2D eigenvalue weighted by molar-refractivity contribution is -0.120. The van der Waals surface area contributed by atoms with Crippen LogP contribution in [0.15, 0.2) is 45.3 Å². The fourth-order valence-corrected chi connectivity index (χ4v) is 3.42. The molecule has 0 bridgehead atoms. The number of nitrogens with zero attached hydrogens (tertiary/aromatic N) is 1. The standard InChI is InChI=1S/C19H23BrN2O2/c1-14-4-9-18(24-14)17(22-10-2-3-11-22)13-21-19(23)12-15-5-7-16(20)8-6-15/h4-9,17H,2-3,10-13H2,1H3,(H,21,23)/t17-/m1/s1. The van der Waals surface area contributed by atoms with Crippen LogP contribution in [-0.2, 0) is 11.2 Å². The predicted molar refractivity (Wildman–Crippen MR) is 97.8 cm³/mol. The maximum absolute atomic E-state index is 12.3. The summed E-state index contributed by atoms with van der Waals surface area (Å²) in [4.78, 5) is 14.7. The SMILES string of the molecule is Cc1ccc([C@@H](CNC(=O)Cc2ccc(Br)cc2)N2CCCC2)o1. The van der Waals surface area contributed by atoms with E-state index in [0.717, 1.165) is 34.6 Å². The number of rotatable bonds is 6. The zero-order chi connectivity index (χ0) is 16.9. The molecule has 2 aromatic rings. The number of hydrogen-bond donors (Lipinski definition) is 1. The first-order valence-corrected chi connectivity index (χ1v) is 9.22. The normalized spacial score (nSPS) is 16.2. The van der Waals surface area contributed by atoms with Gasteiger partial charge in [0.05, 0.1) is 12.5 Å². The molecule has 1 aliphatic rings. The zero-order valence-electron chi connectivity index (χ0n) is 13.9. The molecular weight excluding hydrogens is 368 g/mol. The van der Waals surface area contributed by atoms with E-state index < -0.39 is 0 Å². The summed E-state index contributed by atoms with van der Waals surface area (Å²) in [5, 5.41) is 3.08. The van der Waals surface area contributed by atoms with Gasteiger partial charge in [-0.05, 0) is 62.7 Å². The van der Waals surface area contributed by atoms with Gasteiger partial charge in [0.1, 0.15) is 11.5 Å². The molecule has 1 aromatic carbocycles. The van der Waals surface area contributed by atoms with Crippen molar-refractivity contribution >= 4 is 21.8 Å². The van der Waals surface area contributed by atoms with Crippen molar-refractivity contribution < 1.29 is 9.21 Å². The molecule has 1 atom stereocenters. The van der Waals surface area contributed by atoms with E-state index in [2.05, 4.69) is 26.1 Å². The molecule has 128 valence electrons. The Morgan fingerprint density at radius 2 is 1.92 bits per heavy atom. The van der Waals surface area contributed by atoms with Gasteiger partial charge in [0.2, 0.25) is 5.91 Å². The van der Waals surface area contributed by atoms with E-state index in [-0.39, 0.29) is 11.9 Å². The molecule has 5 heteroatoms. The summed E-state index contributed by atoms with van der Waals surface area (Å²) < 4.78 is 6.85. The Balaban J connectivity index is 1.60. The Bertz CT molecular complexity index is 675. The molecule has 0 aliphatic carbocycles. The minimum atomic E-state index is 0.0461. The second-order valence-corrected chi connectivity index (χ2v) is 7.23. The highest BCUT2D eigenvalue weighted by Crippen LogP contribution is 2.26. The summed E-state index contributed by atoms with van der Waals surface area (Å²) in [6, 6.07) is 12.0. The van der Waals surface area contributed by atoms with E-state index >= 15 is 0 Å². The second-order valence-electron chi connectivity index (χ2n) is 6.31. The molecule has 4 nitrogen and oxygen atoms in total. The molecule has 0 unspecified atom stereocenters. The fourth-order valence-electron chi connectivity index (χ4n) is 3.16. The average molecular weight is 391 g/mol. The Morgan fingerprint density at radius 1 is 1.21 bits per heavy atom. The first-order chi connectivity index (χ1) is 11.6. The number of furan rings is 1. The van der Waals surface area contributed by atoms with E-state index in [0.29, 0.717) is 13.0 Å². The molecule has 0 saturated carbocycles. The topological polar surface area (TPSA) is 45.5 Å². The number of aryl methyl sites for hydroxylation is 1. The molecule has 1 N–H and O–H groups in total. The Labute approximate surface area is 151 Å². The lowest BCUT2D eigenvalue weighted by Gasteiger charge is -2.26. The van der Waals surface area contributed by atoms with E-state index in [1.165, 1.54) is 12.8 Å². The van der Waals surface area contributed by atoms with Gasteiger partial charge in [0.15, 0.2) is 0 Å². The Morgan fingerprint density at radius 3 is 2.54 bits per heavy atom. The number of halogens is 1. The van der Waals surface area contributed by atoms with Gasteiger partial charge in [-0.2, -0.15) is 0 Å². The predicted octanol–water partition coefficient (Wildman–Crippen LogP) is 3.85.